The van der Waals surface area contributed by atoms with Crippen LogP contribution in [0.1, 0.15) is 33.4 Å². The van der Waals surface area contributed by atoms with Crippen molar-refractivity contribution in [2.45, 2.75) is 40.8 Å². The van der Waals surface area contributed by atoms with Crippen LogP contribution in [0, 0.1) is 27.7 Å². The molecule has 0 aromatic heterocycles. The first-order valence-electron chi connectivity index (χ1n) is 9.38. The molecule has 1 saturated heterocycles. The number of nitrogens with zero attached hydrogens (tertiary/aromatic N) is 2. The maximum Gasteiger partial charge on any atom is 0.0939 e. The van der Waals surface area contributed by atoms with Crippen LogP contribution in [0.25, 0.3) is 0 Å². The van der Waals surface area contributed by atoms with Gasteiger partial charge in [0.05, 0.1) is 13.2 Å². The van der Waals surface area contributed by atoms with E-state index in [0.29, 0.717) is 13.2 Å². The van der Waals surface area contributed by atoms with Gasteiger partial charge >= 0.3 is 0 Å². The van der Waals surface area contributed by atoms with Crippen LogP contribution in [-0.2, 0) is 22.8 Å². The standard InChI is InChI=1S/C22H30N2O2/c1-17-9-18(2)12-21(11-17)15-23-5-6-24(26-8-7-25-23)16-22-13-19(3)10-20(4)14-22/h9-14H,5-8,15-16H2,1-4H3. The highest BCUT2D eigenvalue weighted by Gasteiger charge is 2.16. The molecule has 2 aromatic carbocycles. The summed E-state index contributed by atoms with van der Waals surface area (Å²) in [7, 11) is 0. The summed E-state index contributed by atoms with van der Waals surface area (Å²) in [5.74, 6) is 0. The van der Waals surface area contributed by atoms with Gasteiger partial charge in [-0.3, -0.25) is 9.68 Å². The summed E-state index contributed by atoms with van der Waals surface area (Å²) in [6, 6.07) is 13.4. The van der Waals surface area contributed by atoms with Crippen molar-refractivity contribution in [1.82, 2.24) is 10.1 Å². The average Bonchev–Trinajstić information content (AvgIpc) is 2.51. The molecule has 0 atom stereocenters. The molecule has 0 unspecified atom stereocenters. The molecule has 1 aliphatic heterocycles. The predicted molar refractivity (Wildman–Crippen MR) is 105 cm³/mol. The molecule has 1 heterocycles. The summed E-state index contributed by atoms with van der Waals surface area (Å²) < 4.78 is 0. The Morgan fingerprint density at radius 1 is 0.615 bits per heavy atom. The van der Waals surface area contributed by atoms with Gasteiger partial charge < -0.3 is 0 Å². The van der Waals surface area contributed by atoms with Crippen LogP contribution in [0.2, 0.25) is 0 Å². The van der Waals surface area contributed by atoms with Crippen LogP contribution in [0.5, 0.6) is 0 Å². The molecule has 0 radical (unpaired) electrons. The summed E-state index contributed by atoms with van der Waals surface area (Å²) in [4.78, 5) is 11.8. The molecular formula is C22H30N2O2. The Bertz CT molecular complexity index is 641. The van der Waals surface area contributed by atoms with Crippen molar-refractivity contribution in [2.75, 3.05) is 26.3 Å². The lowest BCUT2D eigenvalue weighted by molar-refractivity contribution is -0.254. The van der Waals surface area contributed by atoms with E-state index < -0.39 is 0 Å². The Kier molecular flexibility index (Phi) is 6.43. The fourth-order valence-electron chi connectivity index (χ4n) is 3.66. The summed E-state index contributed by atoms with van der Waals surface area (Å²) >= 11 is 0. The quantitative estimate of drug-likeness (QED) is 0.825. The molecule has 1 aliphatic rings. The third-order valence-corrected chi connectivity index (χ3v) is 4.51. The van der Waals surface area contributed by atoms with Crippen LogP contribution < -0.4 is 0 Å². The van der Waals surface area contributed by atoms with E-state index in [1.807, 2.05) is 0 Å². The van der Waals surface area contributed by atoms with Gasteiger partial charge in [-0.15, -0.1) is 0 Å². The largest absolute Gasteiger partial charge is 0.296 e. The van der Waals surface area contributed by atoms with Crippen molar-refractivity contribution >= 4 is 0 Å². The zero-order chi connectivity index (χ0) is 18.5. The van der Waals surface area contributed by atoms with Gasteiger partial charge in [-0.25, -0.2) is 0 Å². The Morgan fingerprint density at radius 3 is 1.31 bits per heavy atom. The first-order chi connectivity index (χ1) is 12.5. The van der Waals surface area contributed by atoms with E-state index in [1.54, 1.807) is 0 Å². The molecule has 3 rings (SSSR count). The molecular weight excluding hydrogens is 324 g/mol. The van der Waals surface area contributed by atoms with Gasteiger partial charge in [0.25, 0.3) is 0 Å². The maximum absolute atomic E-state index is 5.89. The minimum atomic E-state index is 0.578. The molecule has 0 amide bonds. The molecule has 1 fully saturated rings. The first kappa shape index (κ1) is 19.1. The molecule has 2 aromatic rings. The highest BCUT2D eigenvalue weighted by atomic mass is 16.7. The maximum atomic E-state index is 5.89. The molecule has 0 aliphatic carbocycles. The number of rotatable bonds is 4. The molecule has 0 N–H and O–H groups in total. The number of hydroxylamine groups is 4. The Balaban J connectivity index is 1.61. The molecule has 0 saturated carbocycles. The lowest BCUT2D eigenvalue weighted by Crippen LogP contribution is -2.39. The van der Waals surface area contributed by atoms with Gasteiger partial charge in [0.1, 0.15) is 0 Å². The number of aryl methyl sites for hydroxylation is 4. The van der Waals surface area contributed by atoms with Gasteiger partial charge in [0.2, 0.25) is 0 Å². The lowest BCUT2D eigenvalue weighted by Gasteiger charge is -2.30. The van der Waals surface area contributed by atoms with Crippen molar-refractivity contribution in [1.29, 1.82) is 0 Å². The van der Waals surface area contributed by atoms with Crippen molar-refractivity contribution in [3.05, 3.63) is 69.8 Å². The average molecular weight is 354 g/mol. The monoisotopic (exact) mass is 354 g/mol. The zero-order valence-electron chi connectivity index (χ0n) is 16.4. The van der Waals surface area contributed by atoms with Crippen LogP contribution >= 0.6 is 0 Å². The van der Waals surface area contributed by atoms with E-state index in [-0.39, 0.29) is 0 Å². The molecule has 4 heteroatoms. The SMILES string of the molecule is Cc1cc(C)cc(CN2CCN(Cc3cc(C)cc(C)c3)OCCO2)c1. The van der Waals surface area contributed by atoms with E-state index in [9.17, 15) is 0 Å². The third-order valence-electron chi connectivity index (χ3n) is 4.51. The van der Waals surface area contributed by atoms with E-state index in [1.165, 1.54) is 33.4 Å². The first-order valence-corrected chi connectivity index (χ1v) is 9.38. The van der Waals surface area contributed by atoms with Crippen molar-refractivity contribution < 1.29 is 9.68 Å². The van der Waals surface area contributed by atoms with Gasteiger partial charge in [-0.1, -0.05) is 58.7 Å². The van der Waals surface area contributed by atoms with Crippen LogP contribution in [-0.4, -0.2) is 36.4 Å². The highest BCUT2D eigenvalue weighted by Crippen LogP contribution is 2.15. The minimum Gasteiger partial charge on any atom is -0.296 e. The molecule has 0 bridgehead atoms. The van der Waals surface area contributed by atoms with Gasteiger partial charge in [-0.05, 0) is 38.8 Å². The molecule has 140 valence electrons. The Labute approximate surface area is 157 Å². The zero-order valence-corrected chi connectivity index (χ0v) is 16.4. The fourth-order valence-corrected chi connectivity index (χ4v) is 3.66. The second kappa shape index (κ2) is 8.78. The van der Waals surface area contributed by atoms with Crippen molar-refractivity contribution in [3.63, 3.8) is 0 Å². The molecule has 26 heavy (non-hydrogen) atoms. The fraction of sp³-hybridized carbons (Fsp3) is 0.455. The van der Waals surface area contributed by atoms with Crippen molar-refractivity contribution in [2.24, 2.45) is 0 Å². The number of hydrogen-bond acceptors (Lipinski definition) is 4. The van der Waals surface area contributed by atoms with Gasteiger partial charge in [-0.2, -0.15) is 10.1 Å². The summed E-state index contributed by atoms with van der Waals surface area (Å²) in [5, 5.41) is 4.12. The van der Waals surface area contributed by atoms with E-state index in [0.717, 1.165) is 26.2 Å². The Morgan fingerprint density at radius 2 is 0.962 bits per heavy atom. The van der Waals surface area contributed by atoms with Crippen LogP contribution in [0.3, 0.4) is 0 Å². The highest BCUT2D eigenvalue weighted by molar-refractivity contribution is 5.29. The Hall–Kier alpha value is -1.72. The van der Waals surface area contributed by atoms with E-state index >= 15 is 0 Å². The molecule has 0 spiro atoms. The second-order valence-electron chi connectivity index (χ2n) is 7.39. The summed E-state index contributed by atoms with van der Waals surface area (Å²) in [6.45, 7) is 13.0. The summed E-state index contributed by atoms with van der Waals surface area (Å²) in [6.07, 6.45) is 0. The topological polar surface area (TPSA) is 24.9 Å². The van der Waals surface area contributed by atoms with Gasteiger partial charge in [0, 0.05) is 26.2 Å². The molecule has 4 nitrogen and oxygen atoms in total. The summed E-state index contributed by atoms with van der Waals surface area (Å²) in [5.41, 5.74) is 7.78. The number of benzene rings is 2. The van der Waals surface area contributed by atoms with Crippen LogP contribution in [0.15, 0.2) is 36.4 Å². The van der Waals surface area contributed by atoms with Crippen LogP contribution in [0.4, 0.5) is 0 Å². The number of hydrogen-bond donors (Lipinski definition) is 0. The lowest BCUT2D eigenvalue weighted by atomic mass is 10.1. The minimum absolute atomic E-state index is 0.578. The van der Waals surface area contributed by atoms with E-state index in [4.69, 9.17) is 9.68 Å². The van der Waals surface area contributed by atoms with Gasteiger partial charge in [0.15, 0.2) is 0 Å². The third kappa shape index (κ3) is 5.64. The predicted octanol–water partition coefficient (Wildman–Crippen LogP) is 4.10. The van der Waals surface area contributed by atoms with Crippen molar-refractivity contribution in [3.8, 4) is 0 Å². The normalized spacial score (nSPS) is 17.1. The smallest absolute Gasteiger partial charge is 0.0939 e. The van der Waals surface area contributed by atoms with E-state index in [2.05, 4.69) is 74.2 Å². The second-order valence-corrected chi connectivity index (χ2v) is 7.39.